The fourth-order valence-corrected chi connectivity index (χ4v) is 4.48. The summed E-state index contributed by atoms with van der Waals surface area (Å²) < 4.78 is 45.7. The molecule has 1 aliphatic rings. The highest BCUT2D eigenvalue weighted by molar-refractivity contribution is 9.10. The predicted molar refractivity (Wildman–Crippen MR) is 88.7 cm³/mol. The first-order valence-electron chi connectivity index (χ1n) is 6.58. The molecular weight excluding hydrogens is 399 g/mol. The second-order valence-electron chi connectivity index (χ2n) is 4.99. The maximum Gasteiger partial charge on any atom is 0.246 e. The summed E-state index contributed by atoms with van der Waals surface area (Å²) in [5, 5.41) is 3.05. The third kappa shape index (κ3) is 3.91. The van der Waals surface area contributed by atoms with Crippen LogP contribution in [0.1, 0.15) is 6.42 Å². The number of ether oxygens (including phenoxy) is 1. The van der Waals surface area contributed by atoms with Gasteiger partial charge in [-0.25, -0.2) is 12.8 Å². The number of rotatable bonds is 5. The molecule has 0 saturated carbocycles. The molecular formula is C13H19BrClFN2O3S. The second-order valence-corrected chi connectivity index (χ2v) is 7.75. The number of methoxy groups -OCH3 is 1. The zero-order valence-corrected chi connectivity index (χ0v) is 15.5. The van der Waals surface area contributed by atoms with Crippen molar-refractivity contribution in [3.05, 3.63) is 22.4 Å². The molecule has 0 aromatic heterocycles. The molecule has 9 heteroatoms. The van der Waals surface area contributed by atoms with Crippen LogP contribution in [0.15, 0.2) is 21.5 Å². The lowest BCUT2D eigenvalue weighted by molar-refractivity contribution is 0.394. The molecule has 5 nitrogen and oxygen atoms in total. The van der Waals surface area contributed by atoms with Crippen LogP contribution < -0.4 is 10.1 Å². The minimum absolute atomic E-state index is 0. The molecule has 22 heavy (non-hydrogen) atoms. The highest BCUT2D eigenvalue weighted by Gasteiger charge is 2.34. The highest BCUT2D eigenvalue weighted by atomic mass is 79.9. The van der Waals surface area contributed by atoms with E-state index in [0.717, 1.165) is 19.0 Å². The fourth-order valence-electron chi connectivity index (χ4n) is 2.48. The molecule has 0 aliphatic carbocycles. The van der Waals surface area contributed by atoms with Crippen molar-refractivity contribution in [2.75, 3.05) is 33.8 Å². The number of benzene rings is 1. The largest absolute Gasteiger partial charge is 0.495 e. The zero-order valence-electron chi connectivity index (χ0n) is 12.3. The highest BCUT2D eigenvalue weighted by Crippen LogP contribution is 2.33. The Morgan fingerprint density at radius 2 is 2.18 bits per heavy atom. The maximum absolute atomic E-state index is 13.7. The third-order valence-corrected chi connectivity index (χ3v) is 6.06. The van der Waals surface area contributed by atoms with Crippen LogP contribution in [0.25, 0.3) is 0 Å². The predicted octanol–water partition coefficient (Wildman–Crippen LogP) is 2.25. The van der Waals surface area contributed by atoms with Gasteiger partial charge < -0.3 is 10.1 Å². The Bertz CT molecular complexity index is 630. The molecule has 126 valence electrons. The van der Waals surface area contributed by atoms with Gasteiger partial charge >= 0.3 is 0 Å². The van der Waals surface area contributed by atoms with E-state index in [9.17, 15) is 12.8 Å². The summed E-state index contributed by atoms with van der Waals surface area (Å²) >= 11 is 3.03. The van der Waals surface area contributed by atoms with Crippen molar-refractivity contribution in [1.82, 2.24) is 9.62 Å². The lowest BCUT2D eigenvalue weighted by Crippen LogP contribution is -2.30. The number of nitrogens with one attached hydrogen (secondary N) is 1. The van der Waals surface area contributed by atoms with Crippen molar-refractivity contribution in [2.45, 2.75) is 11.3 Å². The number of nitrogens with zero attached hydrogens (tertiary/aromatic N) is 1. The maximum atomic E-state index is 13.7. The first-order valence-corrected chi connectivity index (χ1v) is 8.81. The van der Waals surface area contributed by atoms with Gasteiger partial charge in [-0.2, -0.15) is 4.31 Å². The minimum Gasteiger partial charge on any atom is -0.495 e. The summed E-state index contributed by atoms with van der Waals surface area (Å²) in [7, 11) is -0.547. The summed E-state index contributed by atoms with van der Waals surface area (Å²) in [5.74, 6) is -0.211. The number of hydrogen-bond acceptors (Lipinski definition) is 4. The molecule has 1 heterocycles. The average Bonchev–Trinajstić information content (AvgIpc) is 2.91. The number of hydrogen-bond donors (Lipinski definition) is 1. The van der Waals surface area contributed by atoms with Crippen LogP contribution >= 0.6 is 28.3 Å². The molecule has 1 N–H and O–H groups in total. The minimum atomic E-state index is -3.75. The summed E-state index contributed by atoms with van der Waals surface area (Å²) in [6, 6.07) is 2.34. The van der Waals surface area contributed by atoms with Crippen LogP contribution in [0.5, 0.6) is 5.75 Å². The normalized spacial score (nSPS) is 19.0. The van der Waals surface area contributed by atoms with Gasteiger partial charge in [-0.3, -0.25) is 0 Å². The molecule has 0 spiro atoms. The van der Waals surface area contributed by atoms with Gasteiger partial charge in [0.25, 0.3) is 0 Å². The van der Waals surface area contributed by atoms with E-state index < -0.39 is 15.8 Å². The van der Waals surface area contributed by atoms with Crippen molar-refractivity contribution in [1.29, 1.82) is 0 Å². The zero-order chi connectivity index (χ0) is 15.6. The van der Waals surface area contributed by atoms with E-state index in [0.29, 0.717) is 13.1 Å². The van der Waals surface area contributed by atoms with Crippen molar-refractivity contribution in [2.24, 2.45) is 5.92 Å². The SMILES string of the molecule is CNCC1CCN(S(=O)(=O)c2cc(F)c(Br)cc2OC)C1.Cl. The van der Waals surface area contributed by atoms with Gasteiger partial charge in [-0.05, 0) is 54.0 Å². The molecule has 1 aromatic carbocycles. The topological polar surface area (TPSA) is 58.6 Å². The first kappa shape index (κ1) is 19.6. The lowest BCUT2D eigenvalue weighted by atomic mass is 10.1. The molecule has 0 amide bonds. The number of sulfonamides is 1. The van der Waals surface area contributed by atoms with Crippen LogP contribution in [-0.2, 0) is 10.0 Å². The molecule has 1 atom stereocenters. The molecule has 1 fully saturated rings. The molecule has 0 bridgehead atoms. The Balaban J connectivity index is 0.00000242. The Kier molecular flexibility index (Phi) is 7.07. The molecule has 1 unspecified atom stereocenters. The van der Waals surface area contributed by atoms with Crippen molar-refractivity contribution < 1.29 is 17.5 Å². The third-order valence-electron chi connectivity index (χ3n) is 3.57. The standard InChI is InChI=1S/C13H18BrFN2O3S.ClH/c1-16-7-9-3-4-17(8-9)21(18,19)13-6-11(15)10(14)5-12(13)20-2;/h5-6,9,16H,3-4,7-8H2,1-2H3;1H. The van der Waals surface area contributed by atoms with Gasteiger partial charge in [0.2, 0.25) is 10.0 Å². The lowest BCUT2D eigenvalue weighted by Gasteiger charge is -2.19. The van der Waals surface area contributed by atoms with Crippen LogP contribution in [0.3, 0.4) is 0 Å². The van der Waals surface area contributed by atoms with E-state index in [1.165, 1.54) is 17.5 Å². The number of halogens is 3. The Hall–Kier alpha value is -0.410. The summed E-state index contributed by atoms with van der Waals surface area (Å²) in [4.78, 5) is -0.129. The van der Waals surface area contributed by atoms with E-state index in [4.69, 9.17) is 4.74 Å². The molecule has 1 aromatic rings. The van der Waals surface area contributed by atoms with E-state index in [1.807, 2.05) is 7.05 Å². The van der Waals surface area contributed by atoms with E-state index in [2.05, 4.69) is 21.2 Å². The second kappa shape index (κ2) is 7.92. The van der Waals surface area contributed by atoms with Crippen LogP contribution in [0.2, 0.25) is 0 Å². The van der Waals surface area contributed by atoms with E-state index >= 15 is 0 Å². The monoisotopic (exact) mass is 416 g/mol. The quantitative estimate of drug-likeness (QED) is 0.798. The van der Waals surface area contributed by atoms with Gasteiger partial charge in [-0.15, -0.1) is 12.4 Å². The Morgan fingerprint density at radius 3 is 2.77 bits per heavy atom. The van der Waals surface area contributed by atoms with Gasteiger partial charge in [-0.1, -0.05) is 0 Å². The van der Waals surface area contributed by atoms with Gasteiger partial charge in [0.1, 0.15) is 16.5 Å². The van der Waals surface area contributed by atoms with Crippen LogP contribution in [0.4, 0.5) is 4.39 Å². The van der Waals surface area contributed by atoms with Crippen molar-refractivity contribution in [3.63, 3.8) is 0 Å². The van der Waals surface area contributed by atoms with Gasteiger partial charge in [0, 0.05) is 13.1 Å². The first-order chi connectivity index (χ1) is 9.90. The Labute approximate surface area is 144 Å². The smallest absolute Gasteiger partial charge is 0.246 e. The molecule has 2 rings (SSSR count). The van der Waals surface area contributed by atoms with Gasteiger partial charge in [0.15, 0.2) is 0 Å². The van der Waals surface area contributed by atoms with Crippen molar-refractivity contribution >= 4 is 38.4 Å². The van der Waals surface area contributed by atoms with E-state index in [1.54, 1.807) is 0 Å². The molecule has 1 aliphatic heterocycles. The average molecular weight is 418 g/mol. The summed E-state index contributed by atoms with van der Waals surface area (Å²) in [5.41, 5.74) is 0. The fraction of sp³-hybridized carbons (Fsp3) is 0.538. The Morgan fingerprint density at radius 1 is 1.50 bits per heavy atom. The van der Waals surface area contributed by atoms with Gasteiger partial charge in [0.05, 0.1) is 11.6 Å². The summed E-state index contributed by atoms with van der Waals surface area (Å²) in [6.45, 7) is 1.64. The van der Waals surface area contributed by atoms with Crippen LogP contribution in [0, 0.1) is 11.7 Å². The molecule has 1 saturated heterocycles. The van der Waals surface area contributed by atoms with Crippen molar-refractivity contribution in [3.8, 4) is 5.75 Å². The van der Waals surface area contributed by atoms with E-state index in [-0.39, 0.29) is 33.4 Å². The van der Waals surface area contributed by atoms with Crippen LogP contribution in [-0.4, -0.2) is 46.5 Å². The molecule has 0 radical (unpaired) electrons. The summed E-state index contributed by atoms with van der Waals surface area (Å²) in [6.07, 6.45) is 0.793.